The first-order valence-corrected chi connectivity index (χ1v) is 5.71. The summed E-state index contributed by atoms with van der Waals surface area (Å²) in [4.78, 5) is 11.3. The Morgan fingerprint density at radius 2 is 1.88 bits per heavy atom. The van der Waals surface area contributed by atoms with Crippen molar-refractivity contribution in [3.8, 4) is 0 Å². The van der Waals surface area contributed by atoms with E-state index >= 15 is 0 Å². The minimum atomic E-state index is -0.307. The van der Waals surface area contributed by atoms with Crippen LogP contribution in [-0.4, -0.2) is 38.0 Å². The van der Waals surface area contributed by atoms with Gasteiger partial charge in [0.15, 0.2) is 0 Å². The molecule has 0 spiro atoms. The van der Waals surface area contributed by atoms with Gasteiger partial charge < -0.3 is 14.2 Å². The number of hydrogen-bond donors (Lipinski definition) is 0. The Bertz CT molecular complexity index is 265. The maximum absolute atomic E-state index is 11.3. The van der Waals surface area contributed by atoms with Gasteiger partial charge in [0, 0.05) is 5.57 Å². The standard InChI is InChI=1S/C12H18O4/c1-8(2)12(13)16-5-9(3-10-6-14-10)4-11-7-15-11/h9-11H,1,3-7H2,2H3. The highest BCUT2D eigenvalue weighted by Gasteiger charge is 2.32. The van der Waals surface area contributed by atoms with Crippen molar-refractivity contribution in [3.05, 3.63) is 12.2 Å². The van der Waals surface area contributed by atoms with Crippen molar-refractivity contribution in [2.75, 3.05) is 19.8 Å². The maximum Gasteiger partial charge on any atom is 0.333 e. The molecule has 90 valence electrons. The normalized spacial score (nSPS) is 28.3. The number of hydrogen-bond acceptors (Lipinski definition) is 4. The second-order valence-corrected chi connectivity index (χ2v) is 4.63. The van der Waals surface area contributed by atoms with Gasteiger partial charge in [-0.05, 0) is 25.7 Å². The Morgan fingerprint density at radius 3 is 2.25 bits per heavy atom. The van der Waals surface area contributed by atoms with Crippen molar-refractivity contribution in [3.63, 3.8) is 0 Å². The highest BCUT2D eigenvalue weighted by atomic mass is 16.6. The third kappa shape index (κ3) is 3.94. The molecule has 4 nitrogen and oxygen atoms in total. The Kier molecular flexibility index (Phi) is 3.61. The van der Waals surface area contributed by atoms with Crippen molar-refractivity contribution < 1.29 is 19.0 Å². The van der Waals surface area contributed by atoms with Gasteiger partial charge in [-0.25, -0.2) is 4.79 Å². The van der Waals surface area contributed by atoms with E-state index in [4.69, 9.17) is 14.2 Å². The fraction of sp³-hybridized carbons (Fsp3) is 0.750. The lowest BCUT2D eigenvalue weighted by molar-refractivity contribution is -0.140. The summed E-state index contributed by atoms with van der Waals surface area (Å²) >= 11 is 0. The Hall–Kier alpha value is -0.870. The van der Waals surface area contributed by atoms with Gasteiger partial charge in [-0.1, -0.05) is 6.58 Å². The molecule has 0 bridgehead atoms. The van der Waals surface area contributed by atoms with Gasteiger partial charge in [-0.2, -0.15) is 0 Å². The molecule has 2 heterocycles. The van der Waals surface area contributed by atoms with E-state index in [2.05, 4.69) is 6.58 Å². The number of rotatable bonds is 7. The second kappa shape index (κ2) is 4.97. The van der Waals surface area contributed by atoms with Crippen molar-refractivity contribution in [2.24, 2.45) is 5.92 Å². The Labute approximate surface area is 95.6 Å². The summed E-state index contributed by atoms with van der Waals surface area (Å²) in [6, 6.07) is 0. The zero-order valence-electron chi connectivity index (χ0n) is 9.61. The fourth-order valence-electron chi connectivity index (χ4n) is 1.70. The molecule has 0 saturated carbocycles. The second-order valence-electron chi connectivity index (χ2n) is 4.63. The average Bonchev–Trinajstić information content (AvgIpc) is 3.08. The predicted molar refractivity (Wildman–Crippen MR) is 58.0 cm³/mol. The molecule has 2 saturated heterocycles. The molecule has 16 heavy (non-hydrogen) atoms. The zero-order valence-corrected chi connectivity index (χ0v) is 9.61. The van der Waals surface area contributed by atoms with E-state index in [1.807, 2.05) is 0 Å². The highest BCUT2D eigenvalue weighted by Crippen LogP contribution is 2.27. The molecule has 2 unspecified atom stereocenters. The molecule has 0 amide bonds. The van der Waals surface area contributed by atoms with Crippen LogP contribution in [0.15, 0.2) is 12.2 Å². The Balaban J connectivity index is 1.71. The highest BCUT2D eigenvalue weighted by molar-refractivity contribution is 5.86. The lowest BCUT2D eigenvalue weighted by atomic mass is 9.99. The monoisotopic (exact) mass is 226 g/mol. The molecule has 0 aliphatic carbocycles. The van der Waals surface area contributed by atoms with Gasteiger partial charge in [0.2, 0.25) is 0 Å². The molecule has 0 aromatic heterocycles. The minimum absolute atomic E-state index is 0.307. The van der Waals surface area contributed by atoms with Crippen LogP contribution in [0, 0.1) is 5.92 Å². The van der Waals surface area contributed by atoms with Gasteiger partial charge in [0.1, 0.15) is 0 Å². The smallest absolute Gasteiger partial charge is 0.333 e. The summed E-state index contributed by atoms with van der Waals surface area (Å²) in [6.45, 7) is 7.35. The molecule has 2 rings (SSSR count). The van der Waals surface area contributed by atoms with Crippen LogP contribution in [0.2, 0.25) is 0 Å². The summed E-state index contributed by atoms with van der Waals surface area (Å²) in [5.74, 6) is 0.0433. The van der Waals surface area contributed by atoms with Gasteiger partial charge >= 0.3 is 5.97 Å². The third-order valence-corrected chi connectivity index (χ3v) is 2.80. The SMILES string of the molecule is C=C(C)C(=O)OCC(CC1CO1)CC1CO1. The molecule has 0 radical (unpaired) electrons. The molecule has 2 aliphatic rings. The van der Waals surface area contributed by atoms with Crippen LogP contribution in [0.1, 0.15) is 19.8 Å². The van der Waals surface area contributed by atoms with Crippen LogP contribution in [0.25, 0.3) is 0 Å². The summed E-state index contributed by atoms with van der Waals surface area (Å²) in [6.07, 6.45) is 2.66. The largest absolute Gasteiger partial charge is 0.462 e. The number of carbonyl (C=O) groups excluding carboxylic acids is 1. The summed E-state index contributed by atoms with van der Waals surface area (Å²) in [5.41, 5.74) is 0.448. The maximum atomic E-state index is 11.3. The first kappa shape index (κ1) is 11.6. The molecule has 0 aromatic carbocycles. The van der Waals surface area contributed by atoms with Crippen LogP contribution >= 0.6 is 0 Å². The van der Waals surface area contributed by atoms with E-state index < -0.39 is 0 Å². The molecule has 2 atom stereocenters. The predicted octanol–water partition coefficient (Wildman–Crippen LogP) is 1.30. The van der Waals surface area contributed by atoms with Crippen LogP contribution in [-0.2, 0) is 19.0 Å². The van der Waals surface area contributed by atoms with Gasteiger partial charge in [-0.15, -0.1) is 0 Å². The number of esters is 1. The fourth-order valence-corrected chi connectivity index (χ4v) is 1.70. The van der Waals surface area contributed by atoms with Gasteiger partial charge in [0.05, 0.1) is 32.0 Å². The van der Waals surface area contributed by atoms with Crippen molar-refractivity contribution in [1.82, 2.24) is 0 Å². The van der Waals surface area contributed by atoms with Crippen molar-refractivity contribution in [2.45, 2.75) is 32.0 Å². The summed E-state index contributed by atoms with van der Waals surface area (Å²) in [5, 5.41) is 0. The molecule has 2 aliphatic heterocycles. The third-order valence-electron chi connectivity index (χ3n) is 2.80. The summed E-state index contributed by atoms with van der Waals surface area (Å²) in [7, 11) is 0. The first-order chi connectivity index (χ1) is 7.65. The molecular weight excluding hydrogens is 208 g/mol. The average molecular weight is 226 g/mol. The molecule has 4 heteroatoms. The van der Waals surface area contributed by atoms with E-state index in [0.717, 1.165) is 26.1 Å². The Morgan fingerprint density at radius 1 is 1.38 bits per heavy atom. The van der Waals surface area contributed by atoms with E-state index in [9.17, 15) is 4.79 Å². The van der Waals surface area contributed by atoms with E-state index in [1.54, 1.807) is 6.92 Å². The molecule has 2 fully saturated rings. The topological polar surface area (TPSA) is 51.4 Å². The summed E-state index contributed by atoms with van der Waals surface area (Å²) < 4.78 is 15.6. The number of ether oxygens (including phenoxy) is 3. The van der Waals surface area contributed by atoms with Crippen LogP contribution < -0.4 is 0 Å². The van der Waals surface area contributed by atoms with Crippen molar-refractivity contribution >= 4 is 5.97 Å². The van der Waals surface area contributed by atoms with Crippen LogP contribution in [0.5, 0.6) is 0 Å². The molecule has 0 N–H and O–H groups in total. The van der Waals surface area contributed by atoms with E-state index in [1.165, 1.54) is 0 Å². The lowest BCUT2D eigenvalue weighted by Gasteiger charge is -2.14. The molecular formula is C12H18O4. The van der Waals surface area contributed by atoms with Crippen LogP contribution in [0.3, 0.4) is 0 Å². The number of epoxide rings is 2. The van der Waals surface area contributed by atoms with Crippen molar-refractivity contribution in [1.29, 1.82) is 0 Å². The van der Waals surface area contributed by atoms with E-state index in [0.29, 0.717) is 30.3 Å². The van der Waals surface area contributed by atoms with Gasteiger partial charge in [0.25, 0.3) is 0 Å². The van der Waals surface area contributed by atoms with Crippen LogP contribution in [0.4, 0.5) is 0 Å². The number of carbonyl (C=O) groups is 1. The van der Waals surface area contributed by atoms with E-state index in [-0.39, 0.29) is 5.97 Å². The first-order valence-electron chi connectivity index (χ1n) is 5.71. The minimum Gasteiger partial charge on any atom is -0.462 e. The zero-order chi connectivity index (χ0) is 11.5. The molecule has 0 aromatic rings. The van der Waals surface area contributed by atoms with Gasteiger partial charge in [-0.3, -0.25) is 0 Å². The quantitative estimate of drug-likeness (QED) is 0.373. The lowest BCUT2D eigenvalue weighted by Crippen LogP contribution is -2.18.